The van der Waals surface area contributed by atoms with Crippen LogP contribution in [-0.4, -0.2) is 5.78 Å². The van der Waals surface area contributed by atoms with Crippen LogP contribution in [0.15, 0.2) is 11.6 Å². The van der Waals surface area contributed by atoms with E-state index in [-0.39, 0.29) is 5.78 Å². The fraction of sp³-hybridized carbons (Fsp3) is 0.444. The van der Waals surface area contributed by atoms with E-state index < -0.39 is 0 Å². The maximum atomic E-state index is 10.8. The number of hydrogen-bond donors (Lipinski definition) is 0. The van der Waals surface area contributed by atoms with Gasteiger partial charge < -0.3 is 0 Å². The predicted octanol–water partition coefficient (Wildman–Crippen LogP) is 1.69. The minimum atomic E-state index is 0.226. The van der Waals surface area contributed by atoms with Crippen LogP contribution in [-0.2, 0) is 4.79 Å². The van der Waals surface area contributed by atoms with E-state index in [4.69, 9.17) is 0 Å². The molecule has 0 saturated heterocycles. The van der Waals surface area contributed by atoms with Gasteiger partial charge >= 0.3 is 0 Å². The highest BCUT2D eigenvalue weighted by atomic mass is 16.1. The first kappa shape index (κ1) is 7.08. The largest absolute Gasteiger partial charge is 0.295 e. The van der Waals surface area contributed by atoms with Gasteiger partial charge in [0.15, 0.2) is 5.78 Å². The molecule has 0 saturated carbocycles. The minimum Gasteiger partial charge on any atom is -0.295 e. The summed E-state index contributed by atoms with van der Waals surface area (Å²) >= 11 is 0. The molecule has 0 unspecified atom stereocenters. The zero-order valence-corrected chi connectivity index (χ0v) is 6.11. The monoisotopic (exact) mass is 134 g/mol. The van der Waals surface area contributed by atoms with E-state index in [0.29, 0.717) is 6.42 Å². The molecule has 0 fully saturated rings. The van der Waals surface area contributed by atoms with Crippen LogP contribution in [0.3, 0.4) is 0 Å². The highest BCUT2D eigenvalue weighted by Gasteiger charge is 2.06. The third-order valence-electron chi connectivity index (χ3n) is 1.49. The summed E-state index contributed by atoms with van der Waals surface area (Å²) in [6, 6.07) is 0. The van der Waals surface area contributed by atoms with Gasteiger partial charge in [-0.3, -0.25) is 4.79 Å². The molecule has 0 spiro atoms. The van der Waals surface area contributed by atoms with Gasteiger partial charge in [-0.2, -0.15) is 0 Å². The predicted molar refractivity (Wildman–Crippen MR) is 40.4 cm³/mol. The summed E-state index contributed by atoms with van der Waals surface area (Å²) in [6.07, 6.45) is 4.32. The molecule has 1 aliphatic carbocycles. The second-order valence-electron chi connectivity index (χ2n) is 2.36. The Morgan fingerprint density at radius 3 is 2.90 bits per heavy atom. The van der Waals surface area contributed by atoms with Crippen LogP contribution < -0.4 is 0 Å². The Hall–Kier alpha value is -1.03. The summed E-state index contributed by atoms with van der Waals surface area (Å²) in [4.78, 5) is 10.8. The molecular formula is C9H10O. The van der Waals surface area contributed by atoms with Crippen molar-refractivity contribution >= 4 is 5.78 Å². The van der Waals surface area contributed by atoms with Crippen LogP contribution in [0.2, 0.25) is 0 Å². The van der Waals surface area contributed by atoms with Crippen molar-refractivity contribution in [3.63, 3.8) is 0 Å². The molecule has 1 aliphatic rings. The van der Waals surface area contributed by atoms with Crippen molar-refractivity contribution in [2.24, 2.45) is 0 Å². The van der Waals surface area contributed by atoms with E-state index in [1.807, 2.05) is 0 Å². The fourth-order valence-corrected chi connectivity index (χ4v) is 1.05. The standard InChI is InChI=1S/C9H10O/c1-2-4-8-5-3-6-9(10)7-8/h7H,3,5-6H2,1H3. The number of rotatable bonds is 0. The lowest BCUT2D eigenvalue weighted by Gasteiger charge is -2.04. The molecule has 0 atom stereocenters. The van der Waals surface area contributed by atoms with Crippen LogP contribution in [0.1, 0.15) is 26.2 Å². The van der Waals surface area contributed by atoms with E-state index in [9.17, 15) is 4.79 Å². The molecule has 0 aromatic rings. The number of hydrogen-bond acceptors (Lipinski definition) is 1. The highest BCUT2D eigenvalue weighted by molar-refractivity contribution is 5.91. The average Bonchev–Trinajstić information content (AvgIpc) is 1.88. The average molecular weight is 134 g/mol. The maximum absolute atomic E-state index is 10.8. The first-order valence-electron chi connectivity index (χ1n) is 3.49. The maximum Gasteiger partial charge on any atom is 0.156 e. The normalized spacial score (nSPS) is 17.3. The molecule has 0 aromatic heterocycles. The summed E-state index contributed by atoms with van der Waals surface area (Å²) in [7, 11) is 0. The van der Waals surface area contributed by atoms with Crippen LogP contribution in [0.25, 0.3) is 0 Å². The van der Waals surface area contributed by atoms with Gasteiger partial charge in [0.1, 0.15) is 0 Å². The Labute approximate surface area is 61.1 Å². The Morgan fingerprint density at radius 2 is 2.30 bits per heavy atom. The van der Waals surface area contributed by atoms with Gasteiger partial charge in [-0.05, 0) is 25.8 Å². The second kappa shape index (κ2) is 3.22. The summed E-state index contributed by atoms with van der Waals surface area (Å²) in [6.45, 7) is 1.79. The van der Waals surface area contributed by atoms with Gasteiger partial charge in [-0.15, -0.1) is 5.92 Å². The lowest BCUT2D eigenvalue weighted by atomic mass is 9.99. The van der Waals surface area contributed by atoms with E-state index in [0.717, 1.165) is 18.4 Å². The van der Waals surface area contributed by atoms with Crippen molar-refractivity contribution in [3.8, 4) is 11.8 Å². The molecule has 1 heteroatoms. The van der Waals surface area contributed by atoms with Gasteiger partial charge in [0, 0.05) is 12.0 Å². The molecule has 1 nitrogen and oxygen atoms in total. The molecule has 0 aliphatic heterocycles. The van der Waals surface area contributed by atoms with Gasteiger partial charge in [0.25, 0.3) is 0 Å². The second-order valence-corrected chi connectivity index (χ2v) is 2.36. The topological polar surface area (TPSA) is 17.1 Å². The molecule has 0 radical (unpaired) electrons. The van der Waals surface area contributed by atoms with Crippen molar-refractivity contribution in [1.82, 2.24) is 0 Å². The molecule has 0 bridgehead atoms. The molecular weight excluding hydrogens is 124 g/mol. The van der Waals surface area contributed by atoms with Crippen molar-refractivity contribution in [3.05, 3.63) is 11.6 Å². The number of ketones is 1. The quantitative estimate of drug-likeness (QED) is 0.461. The lowest BCUT2D eigenvalue weighted by Crippen LogP contribution is -2.00. The number of carbonyl (C=O) groups is 1. The molecule has 10 heavy (non-hydrogen) atoms. The van der Waals surface area contributed by atoms with Crippen molar-refractivity contribution < 1.29 is 4.79 Å². The van der Waals surface area contributed by atoms with E-state index in [1.165, 1.54) is 0 Å². The smallest absolute Gasteiger partial charge is 0.156 e. The fourth-order valence-electron chi connectivity index (χ4n) is 1.05. The molecule has 1 rings (SSSR count). The highest BCUT2D eigenvalue weighted by Crippen LogP contribution is 2.13. The number of allylic oxidation sites excluding steroid dienone is 2. The summed E-state index contributed by atoms with van der Waals surface area (Å²) < 4.78 is 0. The Balaban J connectivity index is 2.72. The van der Waals surface area contributed by atoms with E-state index >= 15 is 0 Å². The lowest BCUT2D eigenvalue weighted by molar-refractivity contribution is -0.115. The van der Waals surface area contributed by atoms with Gasteiger partial charge in [0.05, 0.1) is 0 Å². The van der Waals surface area contributed by atoms with Gasteiger partial charge in [-0.1, -0.05) is 5.92 Å². The Kier molecular flexibility index (Phi) is 2.28. The first-order valence-corrected chi connectivity index (χ1v) is 3.49. The molecule has 0 heterocycles. The molecule has 0 aromatic carbocycles. The Morgan fingerprint density at radius 1 is 1.50 bits per heavy atom. The summed E-state index contributed by atoms with van der Waals surface area (Å²) in [5.74, 6) is 5.92. The van der Waals surface area contributed by atoms with Crippen LogP contribution in [0.4, 0.5) is 0 Å². The third-order valence-corrected chi connectivity index (χ3v) is 1.49. The van der Waals surface area contributed by atoms with Crippen LogP contribution in [0, 0.1) is 11.8 Å². The zero-order chi connectivity index (χ0) is 7.40. The first-order chi connectivity index (χ1) is 4.83. The van der Waals surface area contributed by atoms with Crippen molar-refractivity contribution in [2.45, 2.75) is 26.2 Å². The summed E-state index contributed by atoms with van der Waals surface area (Å²) in [5, 5.41) is 0. The van der Waals surface area contributed by atoms with Crippen molar-refractivity contribution in [2.75, 3.05) is 0 Å². The van der Waals surface area contributed by atoms with Crippen molar-refractivity contribution in [1.29, 1.82) is 0 Å². The van der Waals surface area contributed by atoms with Gasteiger partial charge in [-0.25, -0.2) is 0 Å². The van der Waals surface area contributed by atoms with Crippen LogP contribution in [0.5, 0.6) is 0 Å². The Bertz CT molecular complexity index is 225. The van der Waals surface area contributed by atoms with E-state index in [2.05, 4.69) is 11.8 Å². The third kappa shape index (κ3) is 1.73. The molecule has 0 amide bonds. The minimum absolute atomic E-state index is 0.226. The zero-order valence-electron chi connectivity index (χ0n) is 6.11. The van der Waals surface area contributed by atoms with Gasteiger partial charge in [0.2, 0.25) is 0 Å². The van der Waals surface area contributed by atoms with E-state index in [1.54, 1.807) is 13.0 Å². The summed E-state index contributed by atoms with van der Waals surface area (Å²) in [5.41, 5.74) is 0.999. The van der Waals surface area contributed by atoms with Crippen LogP contribution >= 0.6 is 0 Å². The molecule has 52 valence electrons. The molecule has 0 N–H and O–H groups in total. The number of carbonyl (C=O) groups excluding carboxylic acids is 1. The SMILES string of the molecule is CC#CC1=CC(=O)CCC1.